The highest BCUT2D eigenvalue weighted by Crippen LogP contribution is 2.16. The highest BCUT2D eigenvalue weighted by Gasteiger charge is 2.17. The third-order valence-corrected chi connectivity index (χ3v) is 4.82. The zero-order valence-corrected chi connectivity index (χ0v) is 14.6. The molecule has 0 saturated carbocycles. The normalized spacial score (nSPS) is 16.5. The molecule has 1 aliphatic heterocycles. The molecule has 23 heavy (non-hydrogen) atoms. The van der Waals surface area contributed by atoms with Gasteiger partial charge in [-0.3, -0.25) is 4.90 Å². The lowest BCUT2D eigenvalue weighted by Gasteiger charge is -2.21. The van der Waals surface area contributed by atoms with Crippen LogP contribution in [0.15, 0.2) is 17.5 Å². The number of nitrogens with zero attached hydrogens (tertiary/aromatic N) is 5. The Kier molecular flexibility index (Phi) is 5.53. The summed E-state index contributed by atoms with van der Waals surface area (Å²) in [4.78, 5) is 9.42. The molecule has 0 radical (unpaired) electrons. The van der Waals surface area contributed by atoms with E-state index >= 15 is 0 Å². The number of anilines is 1. The molecule has 0 spiro atoms. The van der Waals surface area contributed by atoms with Crippen molar-refractivity contribution in [1.82, 2.24) is 20.1 Å². The minimum atomic E-state index is 0.602. The maximum Gasteiger partial charge on any atom is 0.151 e. The summed E-state index contributed by atoms with van der Waals surface area (Å²) in [5, 5.41) is 11.7. The second-order valence-electron chi connectivity index (χ2n) is 5.82. The lowest BCUT2D eigenvalue weighted by atomic mass is 10.3. The maximum atomic E-state index is 5.14. The van der Waals surface area contributed by atoms with Gasteiger partial charge in [-0.05, 0) is 25.5 Å². The summed E-state index contributed by atoms with van der Waals surface area (Å²) in [5.41, 5.74) is 2.10. The van der Waals surface area contributed by atoms with Crippen molar-refractivity contribution in [2.75, 3.05) is 38.2 Å². The molecule has 0 bridgehead atoms. The predicted molar refractivity (Wildman–Crippen MR) is 91.7 cm³/mol. The van der Waals surface area contributed by atoms with Crippen LogP contribution in [0.2, 0.25) is 0 Å². The van der Waals surface area contributed by atoms with Gasteiger partial charge in [0.15, 0.2) is 5.82 Å². The molecule has 3 heterocycles. The van der Waals surface area contributed by atoms with E-state index in [1.54, 1.807) is 18.4 Å². The lowest BCUT2D eigenvalue weighted by Crippen LogP contribution is -2.31. The number of methoxy groups -OCH3 is 1. The van der Waals surface area contributed by atoms with Gasteiger partial charge in [0.25, 0.3) is 0 Å². The van der Waals surface area contributed by atoms with Crippen LogP contribution in [-0.4, -0.2) is 53.4 Å². The van der Waals surface area contributed by atoms with Crippen LogP contribution in [0.3, 0.4) is 0 Å². The molecule has 0 unspecified atom stereocenters. The monoisotopic (exact) mass is 333 g/mol. The first-order chi connectivity index (χ1) is 11.2. The fraction of sp³-hybridized carbons (Fsp3) is 0.562. The molecular weight excluding hydrogens is 310 g/mol. The van der Waals surface area contributed by atoms with Crippen LogP contribution < -0.4 is 4.90 Å². The maximum absolute atomic E-state index is 5.14. The van der Waals surface area contributed by atoms with E-state index in [2.05, 4.69) is 36.4 Å². The van der Waals surface area contributed by atoms with Gasteiger partial charge in [0.1, 0.15) is 5.01 Å². The summed E-state index contributed by atoms with van der Waals surface area (Å²) in [5.74, 6) is 0.980. The minimum Gasteiger partial charge on any atom is -0.378 e. The molecule has 1 saturated heterocycles. The topological polar surface area (TPSA) is 54.4 Å². The van der Waals surface area contributed by atoms with Gasteiger partial charge in [0, 0.05) is 45.2 Å². The van der Waals surface area contributed by atoms with Crippen molar-refractivity contribution < 1.29 is 4.74 Å². The molecule has 0 amide bonds. The van der Waals surface area contributed by atoms with Gasteiger partial charge in [0.05, 0.1) is 18.0 Å². The smallest absolute Gasteiger partial charge is 0.151 e. The van der Waals surface area contributed by atoms with Gasteiger partial charge in [-0.15, -0.1) is 16.4 Å². The van der Waals surface area contributed by atoms with E-state index in [4.69, 9.17) is 4.74 Å². The Bertz CT molecular complexity index is 615. The third kappa shape index (κ3) is 4.46. The Balaban J connectivity index is 1.56. The van der Waals surface area contributed by atoms with Crippen LogP contribution in [0.4, 0.5) is 5.82 Å². The zero-order chi connectivity index (χ0) is 16.1. The summed E-state index contributed by atoms with van der Waals surface area (Å²) >= 11 is 1.68. The fourth-order valence-electron chi connectivity index (χ4n) is 2.76. The summed E-state index contributed by atoms with van der Waals surface area (Å²) in [6.45, 7) is 7.59. The fourth-order valence-corrected chi connectivity index (χ4v) is 3.51. The van der Waals surface area contributed by atoms with E-state index in [0.29, 0.717) is 6.61 Å². The van der Waals surface area contributed by atoms with E-state index < -0.39 is 0 Å². The van der Waals surface area contributed by atoms with Crippen LogP contribution in [-0.2, 0) is 17.9 Å². The van der Waals surface area contributed by atoms with Crippen molar-refractivity contribution in [3.05, 3.63) is 33.9 Å². The standard InChI is InChI=1S/C16H23N5OS/c1-13-4-5-15(19-18-13)21-7-3-6-20(8-9-21)10-14-12-23-16(17-14)11-22-2/h4-5,12H,3,6-11H2,1-2H3. The number of thiazole rings is 1. The largest absolute Gasteiger partial charge is 0.378 e. The van der Waals surface area contributed by atoms with Crippen molar-refractivity contribution in [3.8, 4) is 0 Å². The molecule has 7 heteroatoms. The van der Waals surface area contributed by atoms with Crippen LogP contribution >= 0.6 is 11.3 Å². The van der Waals surface area contributed by atoms with Gasteiger partial charge in [-0.25, -0.2) is 4.98 Å². The Morgan fingerprint density at radius 3 is 2.87 bits per heavy atom. The predicted octanol–water partition coefficient (Wildman–Crippen LogP) is 2.10. The molecule has 0 aromatic carbocycles. The van der Waals surface area contributed by atoms with Crippen molar-refractivity contribution in [2.45, 2.75) is 26.5 Å². The number of rotatable bonds is 5. The lowest BCUT2D eigenvalue weighted by molar-refractivity contribution is 0.184. The summed E-state index contributed by atoms with van der Waals surface area (Å²) in [6.07, 6.45) is 1.13. The van der Waals surface area contributed by atoms with E-state index in [0.717, 1.165) is 61.4 Å². The van der Waals surface area contributed by atoms with Crippen LogP contribution in [0.25, 0.3) is 0 Å². The second-order valence-corrected chi connectivity index (χ2v) is 6.76. The van der Waals surface area contributed by atoms with Gasteiger partial charge >= 0.3 is 0 Å². The second kappa shape index (κ2) is 7.81. The Morgan fingerprint density at radius 2 is 2.09 bits per heavy atom. The number of ether oxygens (including phenoxy) is 1. The quantitative estimate of drug-likeness (QED) is 0.835. The number of aromatic nitrogens is 3. The first-order valence-electron chi connectivity index (χ1n) is 7.94. The Labute approximate surface area is 141 Å². The molecule has 0 aliphatic carbocycles. The molecule has 1 fully saturated rings. The number of aryl methyl sites for hydroxylation is 1. The number of hydrogen-bond donors (Lipinski definition) is 0. The van der Waals surface area contributed by atoms with E-state index in [1.165, 1.54) is 0 Å². The van der Waals surface area contributed by atoms with Crippen molar-refractivity contribution in [2.24, 2.45) is 0 Å². The molecule has 0 N–H and O–H groups in total. The molecular formula is C16H23N5OS. The van der Waals surface area contributed by atoms with Gasteiger partial charge < -0.3 is 9.64 Å². The molecule has 3 rings (SSSR count). The van der Waals surface area contributed by atoms with E-state index in [9.17, 15) is 0 Å². The van der Waals surface area contributed by atoms with Crippen LogP contribution in [0.5, 0.6) is 0 Å². The zero-order valence-electron chi connectivity index (χ0n) is 13.7. The van der Waals surface area contributed by atoms with Crippen molar-refractivity contribution in [1.29, 1.82) is 0 Å². The highest BCUT2D eigenvalue weighted by atomic mass is 32.1. The molecule has 2 aromatic heterocycles. The first-order valence-corrected chi connectivity index (χ1v) is 8.82. The summed E-state index contributed by atoms with van der Waals surface area (Å²) in [7, 11) is 1.71. The van der Waals surface area contributed by atoms with Crippen LogP contribution in [0.1, 0.15) is 22.8 Å². The highest BCUT2D eigenvalue weighted by molar-refractivity contribution is 7.09. The molecule has 6 nitrogen and oxygen atoms in total. The molecule has 124 valence electrons. The van der Waals surface area contributed by atoms with Gasteiger partial charge in [-0.2, -0.15) is 5.10 Å². The van der Waals surface area contributed by atoms with Crippen molar-refractivity contribution >= 4 is 17.2 Å². The van der Waals surface area contributed by atoms with Gasteiger partial charge in [-0.1, -0.05) is 0 Å². The summed E-state index contributed by atoms with van der Waals surface area (Å²) in [6, 6.07) is 4.09. The third-order valence-electron chi connectivity index (χ3n) is 3.95. The first kappa shape index (κ1) is 16.3. The van der Waals surface area contributed by atoms with E-state index in [1.807, 2.05) is 13.0 Å². The summed E-state index contributed by atoms with van der Waals surface area (Å²) < 4.78 is 5.14. The average molecular weight is 333 g/mol. The minimum absolute atomic E-state index is 0.602. The Hall–Kier alpha value is -1.57. The average Bonchev–Trinajstić information content (AvgIpc) is 2.85. The Morgan fingerprint density at radius 1 is 1.17 bits per heavy atom. The van der Waals surface area contributed by atoms with Gasteiger partial charge in [0.2, 0.25) is 0 Å². The van der Waals surface area contributed by atoms with Crippen LogP contribution in [0, 0.1) is 6.92 Å². The molecule has 2 aromatic rings. The molecule has 0 atom stereocenters. The van der Waals surface area contributed by atoms with Crippen molar-refractivity contribution in [3.63, 3.8) is 0 Å². The number of hydrogen-bond acceptors (Lipinski definition) is 7. The SMILES string of the molecule is COCc1nc(CN2CCCN(c3ccc(C)nn3)CC2)cs1. The molecule has 1 aliphatic rings. The van der Waals surface area contributed by atoms with E-state index in [-0.39, 0.29) is 0 Å².